The minimum absolute atomic E-state index is 0.00289. The number of hydrogen-bond donors (Lipinski definition) is 1. The predicted molar refractivity (Wildman–Crippen MR) is 96.6 cm³/mol. The number of aryl methyl sites for hydroxylation is 1. The fourth-order valence-corrected chi connectivity index (χ4v) is 4.45. The second-order valence-electron chi connectivity index (χ2n) is 6.80. The highest BCUT2D eigenvalue weighted by atomic mass is 32.2. The molecule has 0 heterocycles. The zero-order valence-corrected chi connectivity index (χ0v) is 15.2. The van der Waals surface area contributed by atoms with Crippen LogP contribution in [-0.2, 0) is 19.9 Å². The molecule has 2 aromatic rings. The van der Waals surface area contributed by atoms with Gasteiger partial charge in [0.1, 0.15) is 5.60 Å². The van der Waals surface area contributed by atoms with Crippen LogP contribution in [-0.4, -0.2) is 20.1 Å². The van der Waals surface area contributed by atoms with E-state index in [1.54, 1.807) is 12.1 Å². The molecule has 0 radical (unpaired) electrons. The van der Waals surface area contributed by atoms with E-state index >= 15 is 0 Å². The summed E-state index contributed by atoms with van der Waals surface area (Å²) in [6, 6.07) is 15.8. The smallest absolute Gasteiger partial charge is 0.297 e. The molecule has 0 amide bonds. The lowest BCUT2D eigenvalue weighted by Crippen LogP contribution is -2.39. The van der Waals surface area contributed by atoms with Gasteiger partial charge in [-0.15, -0.1) is 0 Å². The molecule has 0 aliphatic heterocycles. The first kappa shape index (κ1) is 18.1. The molecular weight excluding hydrogens is 336 g/mol. The first-order chi connectivity index (χ1) is 11.9. The average Bonchev–Trinajstić information content (AvgIpc) is 3.16. The van der Waals surface area contributed by atoms with Gasteiger partial charge in [0.15, 0.2) is 0 Å². The van der Waals surface area contributed by atoms with E-state index in [0.29, 0.717) is 5.56 Å². The summed E-state index contributed by atoms with van der Waals surface area (Å²) in [7, 11) is -3.91. The van der Waals surface area contributed by atoms with Crippen molar-refractivity contribution in [1.29, 1.82) is 0 Å². The number of aliphatic hydroxyl groups is 1. The summed E-state index contributed by atoms with van der Waals surface area (Å²) in [5.74, 6) is 0.00289. The monoisotopic (exact) mass is 360 g/mol. The van der Waals surface area contributed by atoms with Gasteiger partial charge < -0.3 is 5.11 Å². The van der Waals surface area contributed by atoms with Crippen LogP contribution in [0.3, 0.4) is 0 Å². The maximum atomic E-state index is 12.5. The highest BCUT2D eigenvalue weighted by Crippen LogP contribution is 2.41. The molecule has 1 saturated carbocycles. The Morgan fingerprint density at radius 3 is 2.24 bits per heavy atom. The Morgan fingerprint density at radius 1 is 1.04 bits per heavy atom. The topological polar surface area (TPSA) is 63.6 Å². The Balaban J connectivity index is 1.84. The maximum Gasteiger partial charge on any atom is 0.297 e. The third-order valence-electron chi connectivity index (χ3n) is 5.05. The van der Waals surface area contributed by atoms with Gasteiger partial charge in [-0.25, -0.2) is 0 Å². The van der Waals surface area contributed by atoms with Crippen LogP contribution < -0.4 is 0 Å². The highest BCUT2D eigenvalue weighted by Gasteiger charge is 2.41. The summed E-state index contributed by atoms with van der Waals surface area (Å²) < 4.78 is 30.3. The van der Waals surface area contributed by atoms with E-state index in [-0.39, 0.29) is 17.4 Å². The molecule has 1 atom stereocenters. The lowest BCUT2D eigenvalue weighted by atomic mass is 9.81. The van der Waals surface area contributed by atoms with E-state index in [9.17, 15) is 13.5 Å². The van der Waals surface area contributed by atoms with Crippen LogP contribution in [0.5, 0.6) is 0 Å². The zero-order valence-electron chi connectivity index (χ0n) is 14.4. The Bertz CT molecular complexity index is 793. The molecule has 4 nitrogen and oxygen atoms in total. The van der Waals surface area contributed by atoms with Gasteiger partial charge in [-0.3, -0.25) is 4.18 Å². The van der Waals surface area contributed by atoms with Crippen LogP contribution in [0.2, 0.25) is 0 Å². The van der Waals surface area contributed by atoms with Crippen LogP contribution in [0.4, 0.5) is 0 Å². The average molecular weight is 360 g/mol. The van der Waals surface area contributed by atoms with E-state index in [1.807, 2.05) is 37.3 Å². The molecule has 0 saturated heterocycles. The third kappa shape index (κ3) is 3.94. The third-order valence-corrected chi connectivity index (χ3v) is 6.33. The molecule has 134 valence electrons. The second-order valence-corrected chi connectivity index (χ2v) is 8.42. The van der Waals surface area contributed by atoms with Crippen LogP contribution >= 0.6 is 0 Å². The summed E-state index contributed by atoms with van der Waals surface area (Å²) in [4.78, 5) is 0.111. The van der Waals surface area contributed by atoms with E-state index in [0.717, 1.165) is 31.2 Å². The molecule has 0 unspecified atom stereocenters. The minimum Gasteiger partial charge on any atom is -0.382 e. The van der Waals surface area contributed by atoms with Crippen LogP contribution in [0.1, 0.15) is 36.8 Å². The lowest BCUT2D eigenvalue weighted by molar-refractivity contribution is -0.0567. The van der Waals surface area contributed by atoms with Gasteiger partial charge >= 0.3 is 0 Å². The fourth-order valence-electron chi connectivity index (χ4n) is 3.51. The molecule has 0 spiro atoms. The molecule has 1 aliphatic carbocycles. The van der Waals surface area contributed by atoms with Crippen molar-refractivity contribution >= 4 is 10.1 Å². The van der Waals surface area contributed by atoms with Gasteiger partial charge in [0, 0.05) is 0 Å². The summed E-state index contributed by atoms with van der Waals surface area (Å²) in [6.45, 7) is 1.63. The molecular formula is C20H24O4S. The van der Waals surface area contributed by atoms with Gasteiger partial charge in [-0.05, 0) is 43.4 Å². The summed E-state index contributed by atoms with van der Waals surface area (Å²) in [5.41, 5.74) is 0.391. The largest absolute Gasteiger partial charge is 0.382 e. The van der Waals surface area contributed by atoms with Crippen LogP contribution in [0, 0.1) is 12.8 Å². The van der Waals surface area contributed by atoms with Crippen molar-refractivity contribution in [3.63, 3.8) is 0 Å². The fraction of sp³-hybridized carbons (Fsp3) is 0.400. The van der Waals surface area contributed by atoms with Gasteiger partial charge in [0.2, 0.25) is 0 Å². The van der Waals surface area contributed by atoms with Gasteiger partial charge in [-0.1, -0.05) is 60.9 Å². The second kappa shape index (κ2) is 7.28. The van der Waals surface area contributed by atoms with E-state index in [1.165, 1.54) is 12.1 Å². The Kier molecular flexibility index (Phi) is 5.27. The maximum absolute atomic E-state index is 12.5. The van der Waals surface area contributed by atoms with Crippen molar-refractivity contribution in [1.82, 2.24) is 0 Å². The molecule has 5 heteroatoms. The summed E-state index contributed by atoms with van der Waals surface area (Å²) >= 11 is 0. The summed E-state index contributed by atoms with van der Waals surface area (Å²) in [5, 5.41) is 11.3. The Labute approximate surface area is 149 Å². The summed E-state index contributed by atoms with van der Waals surface area (Å²) in [6.07, 6.45) is 3.84. The zero-order chi connectivity index (χ0) is 17.9. The molecule has 3 rings (SSSR count). The quantitative estimate of drug-likeness (QED) is 0.796. The number of rotatable bonds is 6. The first-order valence-corrected chi connectivity index (χ1v) is 10.1. The van der Waals surface area contributed by atoms with Gasteiger partial charge in [0.05, 0.1) is 11.5 Å². The lowest BCUT2D eigenvalue weighted by Gasteiger charge is -2.34. The van der Waals surface area contributed by atoms with Crippen molar-refractivity contribution in [3.05, 3.63) is 65.7 Å². The van der Waals surface area contributed by atoms with Gasteiger partial charge in [-0.2, -0.15) is 8.42 Å². The van der Waals surface area contributed by atoms with Crippen LogP contribution in [0.25, 0.3) is 0 Å². The first-order valence-electron chi connectivity index (χ1n) is 8.66. The van der Waals surface area contributed by atoms with E-state index in [4.69, 9.17) is 4.18 Å². The molecule has 1 aliphatic rings. The Hall–Kier alpha value is -1.69. The molecule has 0 aromatic heterocycles. The number of hydrogen-bond acceptors (Lipinski definition) is 4. The normalized spacial score (nSPS) is 18.2. The SMILES string of the molecule is Cc1ccc(S(=O)(=O)OC[C@](O)(c2ccccc2)C2CCCC2)cc1. The Morgan fingerprint density at radius 2 is 1.64 bits per heavy atom. The van der Waals surface area contributed by atoms with Crippen LogP contribution in [0.15, 0.2) is 59.5 Å². The van der Waals surface area contributed by atoms with E-state index in [2.05, 4.69) is 0 Å². The van der Waals surface area contributed by atoms with Crippen molar-refractivity contribution < 1.29 is 17.7 Å². The number of benzene rings is 2. The van der Waals surface area contributed by atoms with E-state index < -0.39 is 15.7 Å². The van der Waals surface area contributed by atoms with Crippen molar-refractivity contribution in [2.75, 3.05) is 6.61 Å². The minimum atomic E-state index is -3.91. The van der Waals surface area contributed by atoms with Crippen molar-refractivity contribution in [2.24, 2.45) is 5.92 Å². The molecule has 2 aromatic carbocycles. The van der Waals surface area contributed by atoms with Gasteiger partial charge in [0.25, 0.3) is 10.1 Å². The molecule has 0 bridgehead atoms. The standard InChI is InChI=1S/C20H24O4S/c1-16-11-13-19(14-12-16)25(22,23)24-15-20(21,18-9-5-6-10-18)17-7-3-2-4-8-17/h2-4,7-8,11-14,18,21H,5-6,9-10,15H2,1H3/t20-/m0/s1. The predicted octanol–water partition coefficient (Wildman–Crippen LogP) is 3.78. The van der Waals surface area contributed by atoms with Crippen molar-refractivity contribution in [2.45, 2.75) is 43.1 Å². The van der Waals surface area contributed by atoms with Crippen molar-refractivity contribution in [3.8, 4) is 0 Å². The molecule has 1 N–H and O–H groups in total. The highest BCUT2D eigenvalue weighted by molar-refractivity contribution is 7.86. The molecule has 25 heavy (non-hydrogen) atoms. The molecule has 1 fully saturated rings.